The van der Waals surface area contributed by atoms with Crippen LogP contribution < -0.4 is 0 Å². The molecule has 2 aromatic heterocycles. The number of furan rings is 2. The molecule has 0 radical (unpaired) electrons. The Morgan fingerprint density at radius 2 is 0.937 bits per heavy atom. The summed E-state index contributed by atoms with van der Waals surface area (Å²) in [5, 5.41) is 14.2. The van der Waals surface area contributed by atoms with Gasteiger partial charge < -0.3 is 8.83 Å². The molecule has 0 fully saturated rings. The maximum Gasteiger partial charge on any atom is 0.179 e. The molecule has 0 saturated carbocycles. The average molecular weight is 803 g/mol. The molecular weight excluding hydrogens is 765 g/mol. The summed E-state index contributed by atoms with van der Waals surface area (Å²) in [4.78, 5) is 0. The molecule has 2 heteroatoms. The molecule has 2 heterocycles. The first-order valence-electron chi connectivity index (χ1n) is 21.9. The number of para-hydroxylation sites is 1. The van der Waals surface area contributed by atoms with Gasteiger partial charge in [0, 0.05) is 32.3 Å². The molecule has 63 heavy (non-hydrogen) atoms. The molecule has 14 rings (SSSR count). The molecule has 0 unspecified atom stereocenters. The molecular formula is C61H38O2. The molecule has 0 N–H and O–H groups in total. The van der Waals surface area contributed by atoms with E-state index in [0.29, 0.717) is 0 Å². The highest BCUT2D eigenvalue weighted by molar-refractivity contribution is 6.27. The van der Waals surface area contributed by atoms with Gasteiger partial charge in [0.25, 0.3) is 0 Å². The normalized spacial score (nSPS) is 13.4. The standard InChI is InChI=1S/C61H38O2/c1-61(2)52-31-28-37(49-34-51-47-30-26-36-15-4-6-18-40(36)58(47)63-59(51)60-57(49)48-23-11-12-25-54(48)62-60)32-50(52)41-29-27-38(33-53(41)61)55-43-19-7-9-21-45(43)56(46-22-10-8-20-44(46)55)42-24-13-16-35-14-3-5-17-39(35)42/h3-34H,1-2H3. The van der Waals surface area contributed by atoms with Crippen LogP contribution in [0.2, 0.25) is 0 Å². The Balaban J connectivity index is 0.978. The third-order valence-electron chi connectivity index (χ3n) is 14.2. The Bertz CT molecular complexity index is 4060. The van der Waals surface area contributed by atoms with Gasteiger partial charge in [-0.05, 0) is 124 Å². The third kappa shape index (κ3) is 4.73. The van der Waals surface area contributed by atoms with Crippen molar-refractivity contribution < 1.29 is 8.83 Å². The summed E-state index contributed by atoms with van der Waals surface area (Å²) in [6, 6.07) is 71.3. The van der Waals surface area contributed by atoms with Crippen molar-refractivity contribution in [3.05, 3.63) is 205 Å². The first-order chi connectivity index (χ1) is 31.0. The van der Waals surface area contributed by atoms with Gasteiger partial charge in [-0.1, -0.05) is 178 Å². The van der Waals surface area contributed by atoms with Gasteiger partial charge in [0.2, 0.25) is 0 Å². The van der Waals surface area contributed by atoms with Crippen LogP contribution in [-0.4, -0.2) is 0 Å². The number of benzene rings is 11. The third-order valence-corrected chi connectivity index (χ3v) is 14.2. The number of rotatable bonds is 3. The number of fused-ring (bicyclic) bond motifs is 15. The summed E-state index contributed by atoms with van der Waals surface area (Å²) >= 11 is 0. The number of hydrogen-bond donors (Lipinski definition) is 0. The molecule has 1 aliphatic rings. The van der Waals surface area contributed by atoms with Crippen LogP contribution in [0.4, 0.5) is 0 Å². The second-order valence-electron chi connectivity index (χ2n) is 17.9. The maximum atomic E-state index is 6.80. The van der Waals surface area contributed by atoms with Crippen LogP contribution in [0, 0.1) is 0 Å². The molecule has 11 aromatic carbocycles. The van der Waals surface area contributed by atoms with Crippen molar-refractivity contribution in [3.8, 4) is 44.5 Å². The van der Waals surface area contributed by atoms with Gasteiger partial charge in [0.1, 0.15) is 11.2 Å². The van der Waals surface area contributed by atoms with Crippen molar-refractivity contribution in [3.63, 3.8) is 0 Å². The van der Waals surface area contributed by atoms with E-state index < -0.39 is 0 Å². The predicted octanol–water partition coefficient (Wildman–Crippen LogP) is 17.4. The van der Waals surface area contributed by atoms with Crippen molar-refractivity contribution >= 4 is 87.0 Å². The summed E-state index contributed by atoms with van der Waals surface area (Å²) in [6.07, 6.45) is 0. The Labute approximate surface area is 363 Å². The van der Waals surface area contributed by atoms with Crippen molar-refractivity contribution in [1.29, 1.82) is 0 Å². The first kappa shape index (κ1) is 34.7. The van der Waals surface area contributed by atoms with Crippen LogP contribution in [0.5, 0.6) is 0 Å². The van der Waals surface area contributed by atoms with Crippen molar-refractivity contribution in [1.82, 2.24) is 0 Å². The van der Waals surface area contributed by atoms with Gasteiger partial charge >= 0.3 is 0 Å². The minimum Gasteiger partial charge on any atom is -0.452 e. The van der Waals surface area contributed by atoms with Crippen molar-refractivity contribution in [2.75, 3.05) is 0 Å². The lowest BCUT2D eigenvalue weighted by atomic mass is 9.80. The minimum absolute atomic E-state index is 0.211. The maximum absolute atomic E-state index is 6.80. The Morgan fingerprint density at radius 1 is 0.317 bits per heavy atom. The molecule has 0 saturated heterocycles. The van der Waals surface area contributed by atoms with E-state index in [4.69, 9.17) is 8.83 Å². The highest BCUT2D eigenvalue weighted by atomic mass is 16.4. The predicted molar refractivity (Wildman–Crippen MR) is 265 cm³/mol. The van der Waals surface area contributed by atoms with Gasteiger partial charge in [-0.15, -0.1) is 0 Å². The zero-order valence-electron chi connectivity index (χ0n) is 34.8. The largest absolute Gasteiger partial charge is 0.452 e. The van der Waals surface area contributed by atoms with Crippen LogP contribution in [0.1, 0.15) is 25.0 Å². The topological polar surface area (TPSA) is 26.3 Å². The van der Waals surface area contributed by atoms with Gasteiger partial charge in [0.05, 0.1) is 0 Å². The Morgan fingerprint density at radius 3 is 1.70 bits per heavy atom. The quantitative estimate of drug-likeness (QED) is 0.166. The van der Waals surface area contributed by atoms with Gasteiger partial charge in [0.15, 0.2) is 11.2 Å². The molecule has 294 valence electrons. The van der Waals surface area contributed by atoms with E-state index in [0.717, 1.165) is 65.8 Å². The summed E-state index contributed by atoms with van der Waals surface area (Å²) < 4.78 is 13.5. The summed E-state index contributed by atoms with van der Waals surface area (Å²) in [6.45, 7) is 4.77. The van der Waals surface area contributed by atoms with Crippen LogP contribution in [0.25, 0.3) is 131 Å². The average Bonchev–Trinajstić information content (AvgIpc) is 3.98. The Hall–Kier alpha value is -7.94. The molecule has 2 nitrogen and oxygen atoms in total. The van der Waals surface area contributed by atoms with Gasteiger partial charge in [-0.2, -0.15) is 0 Å². The molecule has 0 atom stereocenters. The van der Waals surface area contributed by atoms with E-state index in [1.54, 1.807) is 0 Å². The second-order valence-corrected chi connectivity index (χ2v) is 17.9. The van der Waals surface area contributed by atoms with Crippen LogP contribution in [0.15, 0.2) is 203 Å². The second kappa shape index (κ2) is 12.6. The van der Waals surface area contributed by atoms with Crippen LogP contribution in [-0.2, 0) is 5.41 Å². The van der Waals surface area contributed by atoms with E-state index in [2.05, 4.69) is 202 Å². The lowest BCUT2D eigenvalue weighted by molar-refractivity contribution is 0.635. The van der Waals surface area contributed by atoms with Crippen molar-refractivity contribution in [2.24, 2.45) is 0 Å². The smallest absolute Gasteiger partial charge is 0.179 e. The molecule has 0 amide bonds. The number of hydrogen-bond acceptors (Lipinski definition) is 2. The van der Waals surface area contributed by atoms with Crippen LogP contribution >= 0.6 is 0 Å². The van der Waals surface area contributed by atoms with E-state index in [1.165, 1.54) is 76.8 Å². The summed E-state index contributed by atoms with van der Waals surface area (Å²) in [5.74, 6) is 0. The fourth-order valence-corrected chi connectivity index (χ4v) is 11.3. The van der Waals surface area contributed by atoms with Crippen molar-refractivity contribution in [2.45, 2.75) is 19.3 Å². The van der Waals surface area contributed by atoms with E-state index in [1.807, 2.05) is 6.07 Å². The van der Waals surface area contributed by atoms with Gasteiger partial charge in [-0.25, -0.2) is 0 Å². The first-order valence-corrected chi connectivity index (χ1v) is 21.9. The molecule has 13 aromatic rings. The monoisotopic (exact) mass is 802 g/mol. The summed E-state index contributed by atoms with van der Waals surface area (Å²) in [5.41, 5.74) is 15.8. The van der Waals surface area contributed by atoms with E-state index in [9.17, 15) is 0 Å². The van der Waals surface area contributed by atoms with E-state index >= 15 is 0 Å². The van der Waals surface area contributed by atoms with Crippen LogP contribution in [0.3, 0.4) is 0 Å². The highest BCUT2D eigenvalue weighted by Gasteiger charge is 2.36. The highest BCUT2D eigenvalue weighted by Crippen LogP contribution is 2.54. The summed E-state index contributed by atoms with van der Waals surface area (Å²) in [7, 11) is 0. The lowest BCUT2D eigenvalue weighted by Crippen LogP contribution is -2.15. The van der Waals surface area contributed by atoms with Gasteiger partial charge in [-0.3, -0.25) is 0 Å². The molecule has 0 spiro atoms. The molecule has 1 aliphatic carbocycles. The lowest BCUT2D eigenvalue weighted by Gasteiger charge is -2.23. The Kier molecular flexibility index (Phi) is 6.93. The minimum atomic E-state index is -0.211. The fourth-order valence-electron chi connectivity index (χ4n) is 11.3. The molecule has 0 aliphatic heterocycles. The van der Waals surface area contributed by atoms with E-state index in [-0.39, 0.29) is 5.41 Å². The fraction of sp³-hybridized carbons (Fsp3) is 0.0492. The zero-order valence-corrected chi connectivity index (χ0v) is 34.8. The SMILES string of the molecule is CC1(C)c2ccc(-c3cc4c5ccc6ccccc6c5oc4c4oc5ccccc5c34)cc2-c2ccc(-c3c4ccccc4c(-c4cccc5ccccc45)c4ccccc34)cc21. The molecule has 0 bridgehead atoms. The zero-order chi connectivity index (χ0) is 41.6.